The van der Waals surface area contributed by atoms with E-state index in [1.165, 1.54) is 0 Å². The Morgan fingerprint density at radius 1 is 1.50 bits per heavy atom. The Kier molecular flexibility index (Phi) is 6.60. The summed E-state index contributed by atoms with van der Waals surface area (Å²) in [6.45, 7) is 8.48. The highest BCUT2D eigenvalue weighted by molar-refractivity contribution is 5.73. The van der Waals surface area contributed by atoms with E-state index >= 15 is 0 Å². The van der Waals surface area contributed by atoms with Crippen LogP contribution in [0.3, 0.4) is 0 Å². The fourth-order valence-corrected chi connectivity index (χ4v) is 2.32. The Hall–Kier alpha value is -0.650. The van der Waals surface area contributed by atoms with Crippen LogP contribution in [0.25, 0.3) is 0 Å². The van der Waals surface area contributed by atoms with Gasteiger partial charge >= 0.3 is 5.97 Å². The summed E-state index contributed by atoms with van der Waals surface area (Å²) in [6.07, 6.45) is 1.55. The van der Waals surface area contributed by atoms with Gasteiger partial charge in [0.05, 0.1) is 13.2 Å². The number of carbonyl (C=O) groups is 1. The molecule has 106 valence electrons. The molecule has 1 rings (SSSR count). The molecule has 5 heteroatoms. The van der Waals surface area contributed by atoms with E-state index in [2.05, 4.69) is 10.6 Å². The third-order valence-corrected chi connectivity index (χ3v) is 3.13. The van der Waals surface area contributed by atoms with Crippen LogP contribution < -0.4 is 10.6 Å². The molecule has 0 aromatic heterocycles. The van der Waals surface area contributed by atoms with E-state index in [1.807, 2.05) is 20.8 Å². The molecular formula is C13H26N2O3. The second-order valence-corrected chi connectivity index (χ2v) is 5.55. The zero-order valence-corrected chi connectivity index (χ0v) is 11.6. The highest BCUT2D eigenvalue weighted by Crippen LogP contribution is 2.08. The molecule has 0 amide bonds. The topological polar surface area (TPSA) is 70.6 Å². The third-order valence-electron chi connectivity index (χ3n) is 3.13. The molecule has 1 aliphatic rings. The molecule has 0 radical (unpaired) electrons. The van der Waals surface area contributed by atoms with E-state index in [1.54, 1.807) is 0 Å². The van der Waals surface area contributed by atoms with Gasteiger partial charge in [-0.05, 0) is 25.7 Å². The van der Waals surface area contributed by atoms with Crippen LogP contribution >= 0.6 is 0 Å². The van der Waals surface area contributed by atoms with E-state index in [-0.39, 0.29) is 6.04 Å². The zero-order valence-electron chi connectivity index (χ0n) is 11.6. The molecule has 0 saturated carbocycles. The standard InChI is InChI=1S/C13H26N2O3/c1-9(2)6-12(13(16)17)15-10(3)7-11-8-18-5-4-14-11/h9-12,14-15H,4-8H2,1-3H3,(H,16,17). The molecule has 0 bridgehead atoms. The first kappa shape index (κ1) is 15.4. The predicted octanol–water partition coefficient (Wildman–Crippen LogP) is 0.842. The number of nitrogens with one attached hydrogen (secondary N) is 2. The van der Waals surface area contributed by atoms with Gasteiger partial charge in [0.2, 0.25) is 0 Å². The van der Waals surface area contributed by atoms with Crippen molar-refractivity contribution in [2.75, 3.05) is 19.8 Å². The summed E-state index contributed by atoms with van der Waals surface area (Å²) in [6, 6.07) is 0.0447. The molecule has 0 spiro atoms. The van der Waals surface area contributed by atoms with E-state index in [0.29, 0.717) is 25.0 Å². The highest BCUT2D eigenvalue weighted by Gasteiger charge is 2.23. The van der Waals surface area contributed by atoms with Gasteiger partial charge in [0.25, 0.3) is 0 Å². The summed E-state index contributed by atoms with van der Waals surface area (Å²) in [5.41, 5.74) is 0. The largest absolute Gasteiger partial charge is 0.480 e. The molecule has 3 N–H and O–H groups in total. The molecule has 1 fully saturated rings. The van der Waals surface area contributed by atoms with Gasteiger partial charge in [0.15, 0.2) is 0 Å². The lowest BCUT2D eigenvalue weighted by Gasteiger charge is -2.28. The molecule has 5 nitrogen and oxygen atoms in total. The third kappa shape index (κ3) is 5.80. The number of ether oxygens (including phenoxy) is 1. The van der Waals surface area contributed by atoms with Gasteiger partial charge in [0, 0.05) is 18.6 Å². The summed E-state index contributed by atoms with van der Waals surface area (Å²) in [5.74, 6) is -0.384. The van der Waals surface area contributed by atoms with Crippen molar-refractivity contribution in [2.24, 2.45) is 5.92 Å². The summed E-state index contributed by atoms with van der Waals surface area (Å²) in [4.78, 5) is 11.2. The average Bonchev–Trinajstić information content (AvgIpc) is 2.28. The quantitative estimate of drug-likeness (QED) is 0.631. The Balaban J connectivity index is 2.35. The summed E-state index contributed by atoms with van der Waals surface area (Å²) >= 11 is 0. The number of hydrogen-bond donors (Lipinski definition) is 3. The normalized spacial score (nSPS) is 23.9. The maximum Gasteiger partial charge on any atom is 0.320 e. The molecule has 1 aliphatic heterocycles. The second-order valence-electron chi connectivity index (χ2n) is 5.55. The van der Waals surface area contributed by atoms with Crippen LogP contribution in [0.2, 0.25) is 0 Å². The summed E-state index contributed by atoms with van der Waals surface area (Å²) < 4.78 is 5.39. The van der Waals surface area contributed by atoms with Crippen LogP contribution in [-0.4, -0.2) is 49.0 Å². The number of hydrogen-bond acceptors (Lipinski definition) is 4. The maximum absolute atomic E-state index is 11.2. The minimum Gasteiger partial charge on any atom is -0.480 e. The molecule has 3 unspecified atom stereocenters. The van der Waals surface area contributed by atoms with Crippen molar-refractivity contribution in [1.82, 2.24) is 10.6 Å². The van der Waals surface area contributed by atoms with Crippen molar-refractivity contribution in [2.45, 2.75) is 51.7 Å². The minimum atomic E-state index is -0.761. The van der Waals surface area contributed by atoms with Crippen molar-refractivity contribution in [3.63, 3.8) is 0 Å². The maximum atomic E-state index is 11.2. The van der Waals surface area contributed by atoms with Crippen LogP contribution in [0, 0.1) is 5.92 Å². The molecule has 0 aliphatic carbocycles. The van der Waals surface area contributed by atoms with Crippen LogP contribution in [0.5, 0.6) is 0 Å². The molecule has 0 aromatic rings. The number of carboxylic acid groups (broad SMARTS) is 1. The van der Waals surface area contributed by atoms with E-state index in [0.717, 1.165) is 19.6 Å². The first-order chi connectivity index (χ1) is 8.49. The highest BCUT2D eigenvalue weighted by atomic mass is 16.5. The van der Waals surface area contributed by atoms with Crippen LogP contribution in [0.4, 0.5) is 0 Å². The molecule has 1 saturated heterocycles. The first-order valence-electron chi connectivity index (χ1n) is 6.79. The lowest BCUT2D eigenvalue weighted by Crippen LogP contribution is -2.48. The number of carboxylic acids is 1. The molecule has 0 aromatic carbocycles. The Bertz CT molecular complexity index is 253. The van der Waals surface area contributed by atoms with Gasteiger partial charge in [-0.15, -0.1) is 0 Å². The number of aliphatic carboxylic acids is 1. The molecule has 18 heavy (non-hydrogen) atoms. The van der Waals surface area contributed by atoms with Crippen molar-refractivity contribution < 1.29 is 14.6 Å². The van der Waals surface area contributed by atoms with Crippen LogP contribution in [-0.2, 0) is 9.53 Å². The Morgan fingerprint density at radius 3 is 2.72 bits per heavy atom. The lowest BCUT2D eigenvalue weighted by atomic mass is 10.0. The molecule has 3 atom stereocenters. The fraction of sp³-hybridized carbons (Fsp3) is 0.923. The number of rotatable bonds is 7. The first-order valence-corrected chi connectivity index (χ1v) is 6.79. The van der Waals surface area contributed by atoms with Gasteiger partial charge in [0.1, 0.15) is 6.04 Å². The average molecular weight is 258 g/mol. The van der Waals surface area contributed by atoms with Crippen LogP contribution in [0.1, 0.15) is 33.6 Å². The predicted molar refractivity (Wildman–Crippen MR) is 70.7 cm³/mol. The van der Waals surface area contributed by atoms with Crippen molar-refractivity contribution >= 4 is 5.97 Å². The fourth-order valence-electron chi connectivity index (χ4n) is 2.32. The van der Waals surface area contributed by atoms with Gasteiger partial charge in [-0.2, -0.15) is 0 Å². The molecular weight excluding hydrogens is 232 g/mol. The lowest BCUT2D eigenvalue weighted by molar-refractivity contribution is -0.140. The SMILES string of the molecule is CC(C)CC(NC(C)CC1COCCN1)C(=O)O. The van der Waals surface area contributed by atoms with E-state index < -0.39 is 12.0 Å². The number of morpholine rings is 1. The van der Waals surface area contributed by atoms with E-state index in [9.17, 15) is 9.90 Å². The van der Waals surface area contributed by atoms with Gasteiger partial charge in [-0.1, -0.05) is 13.8 Å². The van der Waals surface area contributed by atoms with Gasteiger partial charge < -0.3 is 20.5 Å². The van der Waals surface area contributed by atoms with Gasteiger partial charge in [-0.3, -0.25) is 4.79 Å². The summed E-state index contributed by atoms with van der Waals surface area (Å²) in [7, 11) is 0. The monoisotopic (exact) mass is 258 g/mol. The van der Waals surface area contributed by atoms with Gasteiger partial charge in [-0.25, -0.2) is 0 Å². The Labute approximate surface area is 109 Å². The van der Waals surface area contributed by atoms with Crippen molar-refractivity contribution in [1.29, 1.82) is 0 Å². The zero-order chi connectivity index (χ0) is 13.5. The minimum absolute atomic E-state index is 0.170. The Morgan fingerprint density at radius 2 is 2.22 bits per heavy atom. The van der Waals surface area contributed by atoms with Crippen molar-refractivity contribution in [3.05, 3.63) is 0 Å². The smallest absolute Gasteiger partial charge is 0.320 e. The van der Waals surface area contributed by atoms with Crippen molar-refractivity contribution in [3.8, 4) is 0 Å². The summed E-state index contributed by atoms with van der Waals surface area (Å²) in [5, 5.41) is 15.8. The van der Waals surface area contributed by atoms with E-state index in [4.69, 9.17) is 4.74 Å². The molecule has 1 heterocycles. The van der Waals surface area contributed by atoms with Crippen LogP contribution in [0.15, 0.2) is 0 Å². The second kappa shape index (κ2) is 7.71.